The van der Waals surface area contributed by atoms with E-state index in [1.807, 2.05) is 0 Å². The molecule has 1 aliphatic carbocycles. The molecule has 1 fully saturated rings. The number of benzene rings is 1. The van der Waals surface area contributed by atoms with Gasteiger partial charge in [0.1, 0.15) is 21.5 Å². The van der Waals surface area contributed by atoms with Crippen molar-refractivity contribution in [2.24, 2.45) is 0 Å². The number of anilines is 1. The molecule has 3 rings (SSSR count). The van der Waals surface area contributed by atoms with Gasteiger partial charge < -0.3 is 10.2 Å². The molecule has 1 N–H and O–H groups in total. The molecule has 1 aromatic heterocycles. The Kier molecular flexibility index (Phi) is 7.19. The predicted octanol–water partition coefficient (Wildman–Crippen LogP) is 4.89. The number of likely N-dealkylation sites (N-methyl/N-ethyl adjacent to an activating group) is 1. The van der Waals surface area contributed by atoms with Gasteiger partial charge in [0.2, 0.25) is 0 Å². The van der Waals surface area contributed by atoms with Crippen LogP contribution in [0, 0.1) is 12.7 Å². The summed E-state index contributed by atoms with van der Waals surface area (Å²) in [6, 6.07) is 2.91. The standard InChI is InChI=1S/C20H27ClFN3O2S2/c1-4-25(3)18-8-6-5-7-16(18)24-17-10-15(22)19(9-14(17)21)29(26,27)12-20-23-13(2)11-28-20/h9-11,16,18,24H,4-8,12H2,1-3H3/t16-,18-/m0/s1. The Labute approximate surface area is 181 Å². The lowest BCUT2D eigenvalue weighted by atomic mass is 9.89. The summed E-state index contributed by atoms with van der Waals surface area (Å²) >= 11 is 7.62. The zero-order valence-corrected chi connectivity index (χ0v) is 19.3. The van der Waals surface area contributed by atoms with Crippen LogP contribution < -0.4 is 5.32 Å². The number of thiazole rings is 1. The lowest BCUT2D eigenvalue weighted by Crippen LogP contribution is -2.47. The molecule has 0 radical (unpaired) electrons. The number of sulfone groups is 1. The highest BCUT2D eigenvalue weighted by Gasteiger charge is 2.29. The van der Waals surface area contributed by atoms with Gasteiger partial charge in [0.05, 0.1) is 10.7 Å². The van der Waals surface area contributed by atoms with Crippen molar-refractivity contribution in [2.45, 2.75) is 62.3 Å². The van der Waals surface area contributed by atoms with Crippen LogP contribution in [0.3, 0.4) is 0 Å². The van der Waals surface area contributed by atoms with Crippen LogP contribution in [0.5, 0.6) is 0 Å². The van der Waals surface area contributed by atoms with Crippen LogP contribution in [-0.4, -0.2) is 44.0 Å². The first-order chi connectivity index (χ1) is 13.7. The molecule has 160 valence electrons. The fourth-order valence-corrected chi connectivity index (χ4v) is 6.60. The van der Waals surface area contributed by atoms with Gasteiger partial charge in [-0.2, -0.15) is 0 Å². The molecule has 2 aromatic rings. The van der Waals surface area contributed by atoms with Crippen molar-refractivity contribution in [3.8, 4) is 0 Å². The molecule has 1 saturated carbocycles. The van der Waals surface area contributed by atoms with Gasteiger partial charge in [-0.1, -0.05) is 31.4 Å². The minimum Gasteiger partial charge on any atom is -0.379 e. The third-order valence-electron chi connectivity index (χ3n) is 5.47. The van der Waals surface area contributed by atoms with Crippen molar-refractivity contribution in [2.75, 3.05) is 18.9 Å². The average Bonchev–Trinajstić information content (AvgIpc) is 3.08. The van der Waals surface area contributed by atoms with E-state index in [2.05, 4.69) is 29.2 Å². The van der Waals surface area contributed by atoms with Crippen LogP contribution in [0.1, 0.15) is 43.3 Å². The largest absolute Gasteiger partial charge is 0.379 e. The van der Waals surface area contributed by atoms with Crippen LogP contribution in [0.4, 0.5) is 10.1 Å². The summed E-state index contributed by atoms with van der Waals surface area (Å²) in [7, 11) is -1.79. The Morgan fingerprint density at radius 3 is 2.72 bits per heavy atom. The van der Waals surface area contributed by atoms with Crippen molar-refractivity contribution in [3.05, 3.63) is 39.1 Å². The Morgan fingerprint density at radius 2 is 2.07 bits per heavy atom. The molecule has 2 atom stereocenters. The van der Waals surface area contributed by atoms with Crippen LogP contribution in [0.15, 0.2) is 22.4 Å². The summed E-state index contributed by atoms with van der Waals surface area (Å²) in [6.45, 7) is 4.83. The molecule has 0 bridgehead atoms. The molecule has 0 aliphatic heterocycles. The maximum absolute atomic E-state index is 14.8. The van der Waals surface area contributed by atoms with E-state index in [9.17, 15) is 12.8 Å². The molecule has 0 spiro atoms. The Hall–Kier alpha value is -1.22. The number of halogens is 2. The van der Waals surface area contributed by atoms with Crippen molar-refractivity contribution in [1.29, 1.82) is 0 Å². The molecule has 1 aliphatic rings. The first kappa shape index (κ1) is 22.5. The van der Waals surface area contributed by atoms with E-state index >= 15 is 0 Å². The van der Waals surface area contributed by atoms with Gasteiger partial charge in [0.15, 0.2) is 9.84 Å². The smallest absolute Gasteiger partial charge is 0.187 e. The lowest BCUT2D eigenvalue weighted by Gasteiger charge is -2.38. The fraction of sp³-hybridized carbons (Fsp3) is 0.550. The van der Waals surface area contributed by atoms with E-state index in [-0.39, 0.29) is 21.7 Å². The second kappa shape index (κ2) is 9.29. The monoisotopic (exact) mass is 459 g/mol. The molecule has 1 aromatic carbocycles. The van der Waals surface area contributed by atoms with Crippen molar-refractivity contribution in [3.63, 3.8) is 0 Å². The van der Waals surface area contributed by atoms with Crippen LogP contribution in [0.25, 0.3) is 0 Å². The number of nitrogens with one attached hydrogen (secondary N) is 1. The van der Waals surface area contributed by atoms with E-state index in [4.69, 9.17) is 11.6 Å². The summed E-state index contributed by atoms with van der Waals surface area (Å²) in [5.41, 5.74) is 1.19. The SMILES string of the molecule is CCN(C)[C@H]1CCCC[C@@H]1Nc1cc(F)c(S(=O)(=O)Cc2nc(C)cs2)cc1Cl. The summed E-state index contributed by atoms with van der Waals surface area (Å²) in [6.07, 6.45) is 4.31. The van der Waals surface area contributed by atoms with E-state index in [0.29, 0.717) is 16.7 Å². The second-order valence-electron chi connectivity index (χ2n) is 7.58. The summed E-state index contributed by atoms with van der Waals surface area (Å²) in [4.78, 5) is 6.07. The first-order valence-corrected chi connectivity index (χ1v) is 12.7. The highest BCUT2D eigenvalue weighted by atomic mass is 35.5. The van der Waals surface area contributed by atoms with Gasteiger partial charge in [-0.3, -0.25) is 0 Å². The number of hydrogen-bond acceptors (Lipinski definition) is 6. The minimum atomic E-state index is -3.88. The predicted molar refractivity (Wildman–Crippen MR) is 117 cm³/mol. The third kappa shape index (κ3) is 5.29. The fourth-order valence-electron chi connectivity index (χ4n) is 3.83. The number of aromatic nitrogens is 1. The van der Waals surface area contributed by atoms with E-state index in [1.165, 1.54) is 29.9 Å². The number of hydrogen-bond donors (Lipinski definition) is 1. The molecule has 1 heterocycles. The molecule has 0 amide bonds. The Bertz CT molecular complexity index is 965. The van der Waals surface area contributed by atoms with Crippen molar-refractivity contribution >= 4 is 38.5 Å². The minimum absolute atomic E-state index is 0.145. The van der Waals surface area contributed by atoms with E-state index in [0.717, 1.165) is 31.5 Å². The second-order valence-corrected chi connectivity index (χ2v) is 10.9. The van der Waals surface area contributed by atoms with Crippen LogP contribution >= 0.6 is 22.9 Å². The first-order valence-electron chi connectivity index (χ1n) is 9.81. The van der Waals surface area contributed by atoms with Crippen molar-refractivity contribution < 1.29 is 12.8 Å². The molecule has 29 heavy (non-hydrogen) atoms. The van der Waals surface area contributed by atoms with E-state index < -0.39 is 15.7 Å². The zero-order chi connectivity index (χ0) is 21.2. The Balaban J connectivity index is 1.83. The topological polar surface area (TPSA) is 62.3 Å². The average molecular weight is 460 g/mol. The summed E-state index contributed by atoms with van der Waals surface area (Å²) in [5.74, 6) is -1.13. The van der Waals surface area contributed by atoms with Gasteiger partial charge in [0, 0.05) is 23.2 Å². The third-order valence-corrected chi connectivity index (χ3v) is 8.57. The quantitative estimate of drug-likeness (QED) is 0.638. The highest BCUT2D eigenvalue weighted by Crippen LogP contribution is 2.33. The molecular formula is C20H27ClFN3O2S2. The maximum atomic E-state index is 14.8. The number of aryl methyl sites for hydroxylation is 1. The maximum Gasteiger partial charge on any atom is 0.187 e. The van der Waals surface area contributed by atoms with Gasteiger partial charge >= 0.3 is 0 Å². The molecule has 0 saturated heterocycles. The molecule has 5 nitrogen and oxygen atoms in total. The van der Waals surface area contributed by atoms with Gasteiger partial charge in [-0.05, 0) is 45.5 Å². The molecule has 9 heteroatoms. The van der Waals surface area contributed by atoms with Crippen LogP contribution in [-0.2, 0) is 15.6 Å². The number of nitrogens with zero attached hydrogens (tertiary/aromatic N) is 2. The number of rotatable bonds is 7. The van der Waals surface area contributed by atoms with E-state index in [1.54, 1.807) is 12.3 Å². The lowest BCUT2D eigenvalue weighted by molar-refractivity contribution is 0.185. The van der Waals surface area contributed by atoms with Crippen LogP contribution in [0.2, 0.25) is 5.02 Å². The summed E-state index contributed by atoms with van der Waals surface area (Å²) in [5, 5.41) is 5.79. The molecular weight excluding hydrogens is 433 g/mol. The normalized spacial score (nSPS) is 20.2. The highest BCUT2D eigenvalue weighted by molar-refractivity contribution is 7.90. The van der Waals surface area contributed by atoms with Gasteiger partial charge in [-0.25, -0.2) is 17.8 Å². The Morgan fingerprint density at radius 1 is 1.34 bits per heavy atom. The van der Waals surface area contributed by atoms with Crippen molar-refractivity contribution in [1.82, 2.24) is 9.88 Å². The van der Waals surface area contributed by atoms with Gasteiger partial charge in [-0.15, -0.1) is 11.3 Å². The van der Waals surface area contributed by atoms with Gasteiger partial charge in [0.25, 0.3) is 0 Å². The molecule has 0 unspecified atom stereocenters. The zero-order valence-electron chi connectivity index (χ0n) is 16.9. The summed E-state index contributed by atoms with van der Waals surface area (Å²) < 4.78 is 40.2.